The predicted octanol–water partition coefficient (Wildman–Crippen LogP) is 4.23. The Morgan fingerprint density at radius 1 is 1.05 bits per heavy atom. The van der Waals surface area contributed by atoms with Crippen molar-refractivity contribution in [2.75, 3.05) is 6.26 Å². The van der Waals surface area contributed by atoms with Crippen molar-refractivity contribution in [2.45, 2.75) is 9.72 Å². The minimum Gasteiger partial charge on any atom is -0.224 e. The Bertz CT molecular complexity index is 681. The smallest absolute Gasteiger partial charge is 0.175 e. The summed E-state index contributed by atoms with van der Waals surface area (Å²) in [5.41, 5.74) is 1.92. The lowest BCUT2D eigenvalue weighted by molar-refractivity contribution is 0.602. The maximum atomic E-state index is 11.6. The molecule has 2 nitrogen and oxygen atoms in total. The SMILES string of the molecule is CS(=O)(=O)c1cccc(C(Br)c2ccc(Cl)cc2)c1. The van der Waals surface area contributed by atoms with Crippen molar-refractivity contribution in [3.05, 3.63) is 64.7 Å². The number of hydrogen-bond donors (Lipinski definition) is 0. The average molecular weight is 360 g/mol. The van der Waals surface area contributed by atoms with Crippen LogP contribution in [0.5, 0.6) is 0 Å². The molecule has 0 radical (unpaired) electrons. The Balaban J connectivity index is 2.39. The zero-order valence-corrected chi connectivity index (χ0v) is 13.3. The molecule has 2 rings (SSSR count). The second kappa shape index (κ2) is 5.65. The van der Waals surface area contributed by atoms with Gasteiger partial charge < -0.3 is 0 Å². The van der Waals surface area contributed by atoms with Gasteiger partial charge in [-0.1, -0.05) is 51.8 Å². The van der Waals surface area contributed by atoms with Crippen LogP contribution in [0, 0.1) is 0 Å². The summed E-state index contributed by atoms with van der Waals surface area (Å²) in [7, 11) is -3.19. The largest absolute Gasteiger partial charge is 0.224 e. The fourth-order valence-corrected chi connectivity index (χ4v) is 3.12. The van der Waals surface area contributed by atoms with E-state index in [0.717, 1.165) is 11.1 Å². The van der Waals surface area contributed by atoms with Crippen LogP contribution in [-0.4, -0.2) is 14.7 Å². The third kappa shape index (κ3) is 3.59. The van der Waals surface area contributed by atoms with Crippen molar-refractivity contribution in [3.63, 3.8) is 0 Å². The minimum absolute atomic E-state index is 0.0635. The second-order valence-electron chi connectivity index (χ2n) is 4.26. The topological polar surface area (TPSA) is 34.1 Å². The van der Waals surface area contributed by atoms with E-state index in [9.17, 15) is 8.42 Å². The Hall–Kier alpha value is -0.840. The lowest BCUT2D eigenvalue weighted by Crippen LogP contribution is -1.99. The Kier molecular flexibility index (Phi) is 4.33. The van der Waals surface area contributed by atoms with Crippen molar-refractivity contribution in [3.8, 4) is 0 Å². The van der Waals surface area contributed by atoms with E-state index in [-0.39, 0.29) is 4.83 Å². The summed E-state index contributed by atoms with van der Waals surface area (Å²) in [6, 6.07) is 14.4. The van der Waals surface area contributed by atoms with Gasteiger partial charge in [-0.3, -0.25) is 0 Å². The van der Waals surface area contributed by atoms with E-state index >= 15 is 0 Å². The minimum atomic E-state index is -3.19. The van der Waals surface area contributed by atoms with Gasteiger partial charge in [0.05, 0.1) is 9.72 Å². The molecule has 19 heavy (non-hydrogen) atoms. The van der Waals surface area contributed by atoms with Gasteiger partial charge in [0.15, 0.2) is 9.84 Å². The number of benzene rings is 2. The van der Waals surface area contributed by atoms with Gasteiger partial charge in [0, 0.05) is 11.3 Å². The maximum absolute atomic E-state index is 11.6. The lowest BCUT2D eigenvalue weighted by Gasteiger charge is -2.12. The van der Waals surface area contributed by atoms with Crippen LogP contribution in [-0.2, 0) is 9.84 Å². The third-order valence-electron chi connectivity index (χ3n) is 2.74. The fourth-order valence-electron chi connectivity index (χ4n) is 1.73. The van der Waals surface area contributed by atoms with Gasteiger partial charge >= 0.3 is 0 Å². The summed E-state index contributed by atoms with van der Waals surface area (Å²) < 4.78 is 23.1. The average Bonchev–Trinajstić information content (AvgIpc) is 2.38. The molecular formula is C14H12BrClO2S. The summed E-state index contributed by atoms with van der Waals surface area (Å²) in [4.78, 5) is 0.259. The third-order valence-corrected chi connectivity index (χ3v) is 5.16. The van der Waals surface area contributed by atoms with Crippen molar-refractivity contribution >= 4 is 37.4 Å². The molecule has 1 unspecified atom stereocenters. The second-order valence-corrected chi connectivity index (χ2v) is 7.63. The van der Waals surface area contributed by atoms with Crippen molar-refractivity contribution < 1.29 is 8.42 Å². The van der Waals surface area contributed by atoms with Gasteiger partial charge in [-0.05, 0) is 35.4 Å². The van der Waals surface area contributed by atoms with Gasteiger partial charge in [-0.15, -0.1) is 0 Å². The summed E-state index contributed by atoms with van der Waals surface area (Å²) >= 11 is 9.43. The Morgan fingerprint density at radius 3 is 2.26 bits per heavy atom. The number of halogens is 2. The molecule has 5 heteroatoms. The zero-order valence-electron chi connectivity index (χ0n) is 10.2. The first-order valence-corrected chi connectivity index (χ1v) is 8.76. The first kappa shape index (κ1) is 14.6. The molecule has 2 aromatic carbocycles. The van der Waals surface area contributed by atoms with Crippen LogP contribution in [0.25, 0.3) is 0 Å². The van der Waals surface area contributed by atoms with Gasteiger partial charge in [0.1, 0.15) is 0 Å². The highest BCUT2D eigenvalue weighted by molar-refractivity contribution is 9.09. The normalized spacial score (nSPS) is 13.2. The molecule has 0 bridgehead atoms. The molecule has 0 heterocycles. The van der Waals surface area contributed by atoms with E-state index in [1.54, 1.807) is 18.2 Å². The first-order chi connectivity index (χ1) is 8.88. The predicted molar refractivity (Wildman–Crippen MR) is 81.8 cm³/mol. The van der Waals surface area contributed by atoms with Crippen LogP contribution in [0.15, 0.2) is 53.4 Å². The van der Waals surface area contributed by atoms with Crippen LogP contribution in [0.3, 0.4) is 0 Å². The fraction of sp³-hybridized carbons (Fsp3) is 0.143. The van der Waals surface area contributed by atoms with E-state index in [1.165, 1.54) is 6.26 Å². The molecular weight excluding hydrogens is 348 g/mol. The van der Waals surface area contributed by atoms with Gasteiger partial charge in [0.25, 0.3) is 0 Å². The van der Waals surface area contributed by atoms with E-state index < -0.39 is 9.84 Å². The number of sulfone groups is 1. The molecule has 0 fully saturated rings. The molecule has 0 aliphatic carbocycles. The number of hydrogen-bond acceptors (Lipinski definition) is 2. The van der Waals surface area contributed by atoms with E-state index in [0.29, 0.717) is 9.92 Å². The van der Waals surface area contributed by atoms with Crippen LogP contribution in [0.1, 0.15) is 16.0 Å². The molecule has 1 atom stereocenters. The summed E-state index contributed by atoms with van der Waals surface area (Å²) in [5.74, 6) is 0. The molecule has 100 valence electrons. The van der Waals surface area contributed by atoms with Crippen LogP contribution >= 0.6 is 27.5 Å². The van der Waals surface area contributed by atoms with Gasteiger partial charge in [-0.2, -0.15) is 0 Å². The summed E-state index contributed by atoms with van der Waals surface area (Å²) in [6.45, 7) is 0. The van der Waals surface area contributed by atoms with Crippen LogP contribution < -0.4 is 0 Å². The Morgan fingerprint density at radius 2 is 1.68 bits per heavy atom. The van der Waals surface area contributed by atoms with E-state index in [2.05, 4.69) is 15.9 Å². The number of alkyl halides is 1. The monoisotopic (exact) mass is 358 g/mol. The standard InChI is InChI=1S/C14H12BrClO2S/c1-19(17,18)13-4-2-3-11(9-13)14(15)10-5-7-12(16)8-6-10/h2-9,14H,1H3. The van der Waals surface area contributed by atoms with Crippen LogP contribution in [0.4, 0.5) is 0 Å². The van der Waals surface area contributed by atoms with Crippen molar-refractivity contribution in [1.29, 1.82) is 0 Å². The molecule has 0 aromatic heterocycles. The molecule has 0 amide bonds. The zero-order chi connectivity index (χ0) is 14.0. The summed E-state index contributed by atoms with van der Waals surface area (Å²) in [5, 5.41) is 0.674. The highest BCUT2D eigenvalue weighted by Gasteiger charge is 2.13. The van der Waals surface area contributed by atoms with E-state index in [1.807, 2.05) is 30.3 Å². The number of rotatable bonds is 3. The molecule has 2 aromatic rings. The molecule has 0 saturated heterocycles. The lowest BCUT2D eigenvalue weighted by atomic mass is 10.1. The Labute approximate surface area is 126 Å². The summed E-state index contributed by atoms with van der Waals surface area (Å²) in [6.07, 6.45) is 1.21. The molecule has 0 aliphatic rings. The van der Waals surface area contributed by atoms with E-state index in [4.69, 9.17) is 11.6 Å². The highest BCUT2D eigenvalue weighted by atomic mass is 79.9. The van der Waals surface area contributed by atoms with Gasteiger partial charge in [-0.25, -0.2) is 8.42 Å². The van der Waals surface area contributed by atoms with Crippen molar-refractivity contribution in [2.24, 2.45) is 0 Å². The molecule has 0 spiro atoms. The quantitative estimate of drug-likeness (QED) is 0.769. The maximum Gasteiger partial charge on any atom is 0.175 e. The molecule has 0 aliphatic heterocycles. The van der Waals surface area contributed by atoms with Crippen LogP contribution in [0.2, 0.25) is 5.02 Å². The molecule has 0 N–H and O–H groups in total. The molecule has 0 saturated carbocycles. The first-order valence-electron chi connectivity index (χ1n) is 5.57. The van der Waals surface area contributed by atoms with Crippen molar-refractivity contribution in [1.82, 2.24) is 0 Å². The highest BCUT2D eigenvalue weighted by Crippen LogP contribution is 2.32. The van der Waals surface area contributed by atoms with Gasteiger partial charge in [0.2, 0.25) is 0 Å².